The number of aliphatic hydroxyl groups is 19. The van der Waals surface area contributed by atoms with Crippen LogP contribution in [0.15, 0.2) is 0 Å². The Morgan fingerprint density at radius 2 is 0.917 bits per heavy atom. The van der Waals surface area contributed by atoms with Crippen LogP contribution in [0, 0.1) is 17.8 Å². The molecule has 7 saturated heterocycles. The maximum absolute atomic E-state index is 12.8. The summed E-state index contributed by atoms with van der Waals surface area (Å²) in [5.41, 5.74) is 5.95. The van der Waals surface area contributed by atoms with Crippen LogP contribution >= 0.6 is 0 Å². The summed E-state index contributed by atoms with van der Waals surface area (Å²) < 4.78 is 76.0. The Balaban J connectivity index is 1.03. The maximum atomic E-state index is 12.8. The van der Waals surface area contributed by atoms with Crippen LogP contribution < -0.4 is 5.73 Å². The lowest BCUT2D eigenvalue weighted by atomic mass is 9.88. The number of carbonyl (C=O) groups is 1. The van der Waals surface area contributed by atoms with E-state index in [0.29, 0.717) is 0 Å². The van der Waals surface area contributed by atoms with Crippen LogP contribution in [0.25, 0.3) is 0 Å². The second-order valence-corrected chi connectivity index (χ2v) is 22.5. The molecule has 35 nitrogen and oxygen atoms in total. The number of aliphatic hydroxyl groups excluding tert-OH is 19. The lowest BCUT2D eigenvalue weighted by Crippen LogP contribution is -2.70. The molecule has 13 unspecified atom stereocenters. The van der Waals surface area contributed by atoms with Crippen molar-refractivity contribution < 1.29 is 169 Å². The van der Waals surface area contributed by atoms with E-state index in [0.717, 1.165) is 0 Å². The number of hydrogen-bond acceptors (Lipinski definition) is 34. The van der Waals surface area contributed by atoms with Gasteiger partial charge in [0.25, 0.3) is 5.79 Å². The zero-order valence-corrected chi connectivity index (χ0v) is 46.1. The Morgan fingerprint density at radius 1 is 0.488 bits per heavy atom. The van der Waals surface area contributed by atoms with Crippen molar-refractivity contribution in [1.29, 1.82) is 0 Å². The molecular weight excluding hydrogens is 1150 g/mol. The van der Waals surface area contributed by atoms with Gasteiger partial charge in [0, 0.05) is 24.2 Å². The molecular formula is C49H85NO34. The van der Waals surface area contributed by atoms with Crippen LogP contribution in [0.5, 0.6) is 0 Å². The van der Waals surface area contributed by atoms with E-state index in [1.54, 1.807) is 13.8 Å². The average Bonchev–Trinajstić information content (AvgIpc) is 1.71. The monoisotopic (exact) mass is 1230 g/mol. The Bertz CT molecular complexity index is 2040. The van der Waals surface area contributed by atoms with Crippen molar-refractivity contribution in [3.63, 3.8) is 0 Å². The van der Waals surface area contributed by atoms with Gasteiger partial charge in [0.1, 0.15) is 128 Å². The molecule has 490 valence electrons. The van der Waals surface area contributed by atoms with Crippen molar-refractivity contribution in [2.24, 2.45) is 23.5 Å². The number of aliphatic carboxylic acids is 1. The van der Waals surface area contributed by atoms with E-state index in [9.17, 15) is 107 Å². The SMILES string of the molecule is CC1C(O)[C@H](O[C@@H]2OC(CO)[C@H](O)C(O[C@]3(C(=O)O)C[C@@H](O)[C@@H](N)C([C@H](O)[C@H](O)CO)O3)[C@@H]2O)[C@H](CO)O[C@H]1O[C@@H]1C(O)[C@H](O)C(CO)O[C@@H]1OCC1O[C@@H](O[C@@H]2C(CO)O[C@@H](O[C@@H]3C(CO)O[C@@H](C)[C@@H](C)C3O)[C@@H](C)C2O)[C@H](O)C(O)[C@@H]1O. The van der Waals surface area contributed by atoms with Gasteiger partial charge in [-0.1, -0.05) is 20.8 Å². The Morgan fingerprint density at radius 3 is 1.43 bits per heavy atom. The van der Waals surface area contributed by atoms with Crippen molar-refractivity contribution in [3.05, 3.63) is 0 Å². The van der Waals surface area contributed by atoms with Gasteiger partial charge in [-0.25, -0.2) is 4.79 Å². The molecule has 7 fully saturated rings. The summed E-state index contributed by atoms with van der Waals surface area (Å²) >= 11 is 0. The quantitative estimate of drug-likeness (QED) is 0.0479. The number of ether oxygens (including phenoxy) is 13. The van der Waals surface area contributed by atoms with E-state index in [4.69, 9.17) is 67.3 Å². The highest BCUT2D eigenvalue weighted by atomic mass is 16.8. The summed E-state index contributed by atoms with van der Waals surface area (Å²) in [6, 6.07) is -1.58. The first-order valence-electron chi connectivity index (χ1n) is 27.6. The lowest BCUT2D eigenvalue weighted by molar-refractivity contribution is -0.393. The Hall–Kier alpha value is -1.85. The van der Waals surface area contributed by atoms with E-state index in [2.05, 4.69) is 0 Å². The largest absolute Gasteiger partial charge is 0.477 e. The van der Waals surface area contributed by atoms with Gasteiger partial charge in [-0.15, -0.1) is 0 Å². The van der Waals surface area contributed by atoms with Crippen LogP contribution in [0.3, 0.4) is 0 Å². The molecule has 7 rings (SSSR count). The van der Waals surface area contributed by atoms with E-state index < -0.39 is 278 Å². The zero-order chi connectivity index (χ0) is 62.1. The van der Waals surface area contributed by atoms with Gasteiger partial charge >= 0.3 is 5.97 Å². The summed E-state index contributed by atoms with van der Waals surface area (Å²) in [4.78, 5) is 12.8. The molecule has 0 aromatic carbocycles. The molecule has 35 heteroatoms. The number of hydrogen-bond donors (Lipinski definition) is 21. The maximum Gasteiger partial charge on any atom is 0.364 e. The fourth-order valence-electron chi connectivity index (χ4n) is 11.3. The smallest absolute Gasteiger partial charge is 0.364 e. The van der Waals surface area contributed by atoms with E-state index in [-0.39, 0.29) is 0 Å². The number of carboxylic acid groups (broad SMARTS) is 1. The molecule has 0 radical (unpaired) electrons. The third-order valence-electron chi connectivity index (χ3n) is 17.0. The summed E-state index contributed by atoms with van der Waals surface area (Å²) in [6.07, 6.45) is -54.7. The zero-order valence-electron chi connectivity index (χ0n) is 46.1. The molecule has 0 bridgehead atoms. The molecule has 0 aromatic heterocycles. The van der Waals surface area contributed by atoms with Crippen molar-refractivity contribution in [2.45, 2.75) is 236 Å². The third-order valence-corrected chi connectivity index (χ3v) is 17.0. The normalized spacial score (nSPS) is 51.3. The highest BCUT2D eigenvalue weighted by Crippen LogP contribution is 2.41. The number of rotatable bonds is 22. The van der Waals surface area contributed by atoms with Crippen molar-refractivity contribution in [2.75, 3.05) is 46.2 Å². The van der Waals surface area contributed by atoms with Crippen LogP contribution in [0.4, 0.5) is 0 Å². The van der Waals surface area contributed by atoms with Crippen molar-refractivity contribution in [1.82, 2.24) is 0 Å². The Labute approximate surface area is 479 Å². The summed E-state index contributed by atoms with van der Waals surface area (Å²) in [7, 11) is 0. The van der Waals surface area contributed by atoms with Crippen LogP contribution in [-0.2, 0) is 66.4 Å². The molecule has 0 aliphatic carbocycles. The summed E-state index contributed by atoms with van der Waals surface area (Å²) in [6.45, 7) is -0.0167. The van der Waals surface area contributed by atoms with Gasteiger partial charge in [-0.05, 0) is 6.92 Å². The third kappa shape index (κ3) is 14.2. The minimum Gasteiger partial charge on any atom is -0.477 e. The molecule has 0 spiro atoms. The molecule has 7 aliphatic rings. The second kappa shape index (κ2) is 29.4. The fourth-order valence-corrected chi connectivity index (χ4v) is 11.3. The topological polar surface area (TPSA) is 568 Å². The minimum atomic E-state index is -3.07. The van der Waals surface area contributed by atoms with E-state index in [1.165, 1.54) is 13.8 Å². The van der Waals surface area contributed by atoms with Crippen LogP contribution in [-0.4, -0.2) is 356 Å². The van der Waals surface area contributed by atoms with Gasteiger partial charge in [0.2, 0.25) is 0 Å². The van der Waals surface area contributed by atoms with Gasteiger partial charge in [0.05, 0.1) is 82.8 Å². The van der Waals surface area contributed by atoms with Gasteiger partial charge in [0.15, 0.2) is 31.5 Å². The van der Waals surface area contributed by atoms with Crippen molar-refractivity contribution in [3.8, 4) is 0 Å². The van der Waals surface area contributed by atoms with E-state index >= 15 is 0 Å². The standard InChI is InChI=1S/C49H85NO34/c1-13-16(4)73-21(9-54)37(26(13)59)79-43-14(2)27(60)38(22(10-55)76-43)80-45-35(68)33(66)31(64)24(78-45)12-72-47-42(34(67)30(63)19(7-52)75-47)82-44-15(3)28(61)39(23(11-56)77-44)81-46-36(69)41(32(65)20(8-53)74-46)84-49(48(70)71)5-17(57)25(50)40(83-49)29(62)18(58)6-51/h13-47,51-69H,5-12,50H2,1-4H3,(H,70,71)/t13-,14+,15?,16+,17-,18-,19?,20?,21?,22?,23+,24?,25-,26?,27?,28?,29-,30-,31-,32+,33?,34?,35-,36+,37-,38-,39-,40?,41?,42-,43+,44+,45+,46+,47+,49+/m1/s1. The molecule has 0 saturated carbocycles. The highest BCUT2D eigenvalue weighted by molar-refractivity contribution is 5.76. The van der Waals surface area contributed by atoms with E-state index in [1.807, 2.05) is 0 Å². The summed E-state index contributed by atoms with van der Waals surface area (Å²) in [5, 5.41) is 215. The minimum absolute atomic E-state index is 0.440. The average molecular weight is 1230 g/mol. The predicted octanol–water partition coefficient (Wildman–Crippen LogP) is -12.2. The molecule has 7 heterocycles. The molecule has 0 amide bonds. The molecule has 0 aromatic rings. The molecule has 36 atom stereocenters. The second-order valence-electron chi connectivity index (χ2n) is 22.5. The van der Waals surface area contributed by atoms with Crippen molar-refractivity contribution >= 4 is 5.97 Å². The van der Waals surface area contributed by atoms with Gasteiger partial charge < -0.3 is 169 Å². The van der Waals surface area contributed by atoms with Crippen LogP contribution in [0.2, 0.25) is 0 Å². The molecule has 7 aliphatic heterocycles. The van der Waals surface area contributed by atoms with Gasteiger partial charge in [-0.3, -0.25) is 0 Å². The first-order valence-corrected chi connectivity index (χ1v) is 27.6. The Kier molecular flexibility index (Phi) is 24.4. The van der Waals surface area contributed by atoms with Gasteiger partial charge in [-0.2, -0.15) is 0 Å². The fraction of sp³-hybridized carbons (Fsp3) is 0.980. The number of nitrogens with two attached hydrogens (primary N) is 1. The highest BCUT2D eigenvalue weighted by Gasteiger charge is 2.61. The first kappa shape index (κ1) is 69.6. The summed E-state index contributed by atoms with van der Waals surface area (Å²) in [5.74, 6) is -7.82. The van der Waals surface area contributed by atoms with Crippen LogP contribution in [0.1, 0.15) is 34.1 Å². The molecule has 22 N–H and O–H groups in total. The first-order chi connectivity index (χ1) is 39.6. The predicted molar refractivity (Wildman–Crippen MR) is 264 cm³/mol. The molecule has 84 heavy (non-hydrogen) atoms. The lowest BCUT2D eigenvalue weighted by Gasteiger charge is -2.50. The number of carboxylic acids is 1.